The van der Waals surface area contributed by atoms with Crippen LogP contribution in [0, 0.1) is 5.41 Å². The van der Waals surface area contributed by atoms with Gasteiger partial charge in [-0.05, 0) is 56.7 Å². The zero-order valence-electron chi connectivity index (χ0n) is 20.3. The maximum absolute atomic E-state index is 12.6. The molecule has 0 fully saturated rings. The van der Waals surface area contributed by atoms with Crippen LogP contribution in [-0.2, 0) is 32.0 Å². The molecule has 0 saturated heterocycles. The number of methoxy groups -OCH3 is 3. The Morgan fingerprint density at radius 1 is 1.06 bits per heavy atom. The van der Waals surface area contributed by atoms with Crippen LogP contribution in [0.25, 0.3) is 10.9 Å². The molecule has 0 radical (unpaired) electrons. The van der Waals surface area contributed by atoms with E-state index in [0.717, 1.165) is 27.1 Å². The van der Waals surface area contributed by atoms with E-state index in [2.05, 4.69) is 4.57 Å². The molecule has 0 saturated carbocycles. The van der Waals surface area contributed by atoms with Crippen molar-refractivity contribution in [3.8, 4) is 5.75 Å². The maximum atomic E-state index is 12.6. The number of ether oxygens (including phenoxy) is 3. The molecule has 0 aliphatic rings. The summed E-state index contributed by atoms with van der Waals surface area (Å²) < 4.78 is 17.7. The van der Waals surface area contributed by atoms with Crippen molar-refractivity contribution < 1.29 is 23.8 Å². The molecule has 0 aliphatic heterocycles. The minimum Gasteiger partial charge on any atom is -0.497 e. The SMILES string of the molecule is COC(=O)C(C)Sc1c(CC(C)(C)C(=O)OC)n(Cc2ccc(Cl)cc2)c2ccc(OC)cc12. The molecule has 3 aromatic rings. The Kier molecular flexibility index (Phi) is 8.21. The van der Waals surface area contributed by atoms with Gasteiger partial charge in [-0.3, -0.25) is 9.59 Å². The lowest BCUT2D eigenvalue weighted by Gasteiger charge is -2.24. The fourth-order valence-electron chi connectivity index (χ4n) is 3.90. The first-order valence-corrected chi connectivity index (χ1v) is 12.1. The Bertz CT molecular complexity index is 1190. The molecule has 3 rings (SSSR count). The van der Waals surface area contributed by atoms with Crippen molar-refractivity contribution in [2.24, 2.45) is 5.41 Å². The third-order valence-corrected chi connectivity index (χ3v) is 7.25. The molecule has 0 aliphatic carbocycles. The first-order chi connectivity index (χ1) is 16.1. The standard InChI is InChI=1S/C26H30ClNO5S/c1-16(24(29)32-5)34-23-20-13-19(31-4)11-12-21(20)28(15-17-7-9-18(27)10-8-17)22(23)14-26(2,3)25(30)33-6/h7-13,16H,14-15H2,1-6H3. The molecule has 2 aromatic carbocycles. The smallest absolute Gasteiger partial charge is 0.318 e. The number of hydrogen-bond acceptors (Lipinski definition) is 6. The highest BCUT2D eigenvalue weighted by Gasteiger charge is 2.33. The van der Waals surface area contributed by atoms with E-state index in [0.29, 0.717) is 23.7 Å². The predicted octanol–water partition coefficient (Wildman–Crippen LogP) is 5.75. The first kappa shape index (κ1) is 26.0. The van der Waals surface area contributed by atoms with Crippen molar-refractivity contribution in [1.82, 2.24) is 4.57 Å². The largest absolute Gasteiger partial charge is 0.497 e. The zero-order chi connectivity index (χ0) is 25.0. The number of thioether (sulfide) groups is 1. The van der Waals surface area contributed by atoms with Gasteiger partial charge < -0.3 is 18.8 Å². The second kappa shape index (κ2) is 10.7. The van der Waals surface area contributed by atoms with Crippen molar-refractivity contribution in [3.63, 3.8) is 0 Å². The van der Waals surface area contributed by atoms with Gasteiger partial charge in [-0.15, -0.1) is 11.8 Å². The van der Waals surface area contributed by atoms with Crippen LogP contribution in [0.4, 0.5) is 0 Å². The molecule has 1 unspecified atom stereocenters. The number of hydrogen-bond donors (Lipinski definition) is 0. The van der Waals surface area contributed by atoms with Crippen molar-refractivity contribution >= 4 is 46.2 Å². The highest BCUT2D eigenvalue weighted by Crippen LogP contribution is 2.41. The Labute approximate surface area is 209 Å². The normalized spacial score (nSPS) is 12.4. The molecule has 8 heteroatoms. The topological polar surface area (TPSA) is 66.8 Å². The van der Waals surface area contributed by atoms with E-state index in [-0.39, 0.29) is 11.9 Å². The summed E-state index contributed by atoms with van der Waals surface area (Å²) in [4.78, 5) is 25.8. The van der Waals surface area contributed by atoms with E-state index in [1.165, 1.54) is 26.0 Å². The summed E-state index contributed by atoms with van der Waals surface area (Å²) in [6.07, 6.45) is 0.417. The highest BCUT2D eigenvalue weighted by molar-refractivity contribution is 8.00. The first-order valence-electron chi connectivity index (χ1n) is 10.9. The summed E-state index contributed by atoms with van der Waals surface area (Å²) in [6, 6.07) is 13.6. The fraction of sp³-hybridized carbons (Fsp3) is 0.385. The molecule has 6 nitrogen and oxygen atoms in total. The van der Waals surface area contributed by atoms with Crippen LogP contribution < -0.4 is 4.74 Å². The van der Waals surface area contributed by atoms with E-state index < -0.39 is 10.7 Å². The van der Waals surface area contributed by atoms with Gasteiger partial charge in [0.1, 0.15) is 11.0 Å². The van der Waals surface area contributed by atoms with E-state index in [1.54, 1.807) is 7.11 Å². The molecule has 1 heterocycles. The highest BCUT2D eigenvalue weighted by atomic mass is 35.5. The fourth-order valence-corrected chi connectivity index (χ4v) is 5.18. The van der Waals surface area contributed by atoms with Gasteiger partial charge in [0.25, 0.3) is 0 Å². The summed E-state index contributed by atoms with van der Waals surface area (Å²) in [7, 11) is 4.40. The number of rotatable bonds is 9. The summed E-state index contributed by atoms with van der Waals surface area (Å²) >= 11 is 7.52. The van der Waals surface area contributed by atoms with Crippen molar-refractivity contribution in [1.29, 1.82) is 0 Å². The maximum Gasteiger partial charge on any atom is 0.318 e. The van der Waals surface area contributed by atoms with E-state index in [9.17, 15) is 9.59 Å². The second-order valence-corrected chi connectivity index (χ2v) is 10.5. The number of carbonyl (C=O) groups is 2. The van der Waals surface area contributed by atoms with Crippen molar-refractivity contribution in [3.05, 3.63) is 58.7 Å². The Balaban J connectivity index is 2.25. The van der Waals surface area contributed by atoms with E-state index in [1.807, 2.05) is 63.2 Å². The molecular formula is C26H30ClNO5S. The Morgan fingerprint density at radius 2 is 1.74 bits per heavy atom. The van der Waals surface area contributed by atoms with Crippen LogP contribution in [0.15, 0.2) is 47.4 Å². The minimum atomic E-state index is -0.783. The van der Waals surface area contributed by atoms with Gasteiger partial charge in [0.05, 0.1) is 26.7 Å². The van der Waals surface area contributed by atoms with Crippen LogP contribution in [0.5, 0.6) is 5.75 Å². The van der Waals surface area contributed by atoms with Crippen LogP contribution in [0.3, 0.4) is 0 Å². The molecule has 182 valence electrons. The van der Waals surface area contributed by atoms with Gasteiger partial charge in [0, 0.05) is 39.5 Å². The van der Waals surface area contributed by atoms with Crippen molar-refractivity contribution in [2.45, 2.75) is 43.9 Å². The van der Waals surface area contributed by atoms with E-state index in [4.69, 9.17) is 25.8 Å². The number of aromatic nitrogens is 1. The number of halogens is 1. The lowest BCUT2D eigenvalue weighted by Crippen LogP contribution is -2.29. The summed E-state index contributed by atoms with van der Waals surface area (Å²) in [5, 5.41) is 1.18. The number of fused-ring (bicyclic) bond motifs is 1. The molecule has 0 amide bonds. The average molecular weight is 504 g/mol. The second-order valence-electron chi connectivity index (χ2n) is 8.71. The Hall–Kier alpha value is -2.64. The Morgan fingerprint density at radius 3 is 2.32 bits per heavy atom. The zero-order valence-corrected chi connectivity index (χ0v) is 21.9. The monoisotopic (exact) mass is 503 g/mol. The van der Waals surface area contributed by atoms with Gasteiger partial charge in [0.15, 0.2) is 0 Å². The summed E-state index contributed by atoms with van der Waals surface area (Å²) in [5.74, 6) is 0.0949. The molecule has 0 bridgehead atoms. The summed E-state index contributed by atoms with van der Waals surface area (Å²) in [5.41, 5.74) is 2.20. The minimum absolute atomic E-state index is 0.301. The molecule has 1 atom stereocenters. The molecule has 0 spiro atoms. The van der Waals surface area contributed by atoms with Gasteiger partial charge in [0.2, 0.25) is 0 Å². The molecule has 34 heavy (non-hydrogen) atoms. The number of benzene rings is 2. The van der Waals surface area contributed by atoms with Crippen molar-refractivity contribution in [2.75, 3.05) is 21.3 Å². The predicted molar refractivity (Wildman–Crippen MR) is 136 cm³/mol. The van der Waals surface area contributed by atoms with Gasteiger partial charge in [-0.2, -0.15) is 0 Å². The molecule has 0 N–H and O–H groups in total. The van der Waals surface area contributed by atoms with Gasteiger partial charge in [-0.25, -0.2) is 0 Å². The van der Waals surface area contributed by atoms with E-state index >= 15 is 0 Å². The number of carbonyl (C=O) groups excluding carboxylic acids is 2. The lowest BCUT2D eigenvalue weighted by molar-refractivity contribution is -0.150. The van der Waals surface area contributed by atoms with Crippen LogP contribution in [0.1, 0.15) is 32.0 Å². The third kappa shape index (κ3) is 5.53. The van der Waals surface area contributed by atoms with Gasteiger partial charge >= 0.3 is 11.9 Å². The average Bonchev–Trinajstić information content (AvgIpc) is 3.09. The van der Waals surface area contributed by atoms with Crippen LogP contribution in [0.2, 0.25) is 5.02 Å². The van der Waals surface area contributed by atoms with Gasteiger partial charge in [-0.1, -0.05) is 23.7 Å². The lowest BCUT2D eigenvalue weighted by atomic mass is 9.87. The summed E-state index contributed by atoms with van der Waals surface area (Å²) in [6.45, 7) is 6.11. The van der Waals surface area contributed by atoms with Crippen LogP contribution in [-0.4, -0.2) is 43.1 Å². The third-order valence-electron chi connectivity index (χ3n) is 5.76. The quantitative estimate of drug-likeness (QED) is 0.274. The number of esters is 2. The molecular weight excluding hydrogens is 474 g/mol. The number of nitrogens with zero attached hydrogens (tertiary/aromatic N) is 1. The molecule has 1 aromatic heterocycles. The van der Waals surface area contributed by atoms with Crippen LogP contribution >= 0.6 is 23.4 Å².